The standard InChI is InChI=1S/C20H19ClO6/c1-24-15-6-8-18(25-2)14(10-15)5-9-20(23)27-12-17(22)13-4-7-19(26-3)16(21)11-13/h4-11H,12H2,1-3H3/b9-5+. The molecule has 142 valence electrons. The summed E-state index contributed by atoms with van der Waals surface area (Å²) in [5.41, 5.74) is 0.967. The van der Waals surface area contributed by atoms with Gasteiger partial charge in [0.25, 0.3) is 0 Å². The third-order valence-electron chi connectivity index (χ3n) is 3.66. The van der Waals surface area contributed by atoms with Gasteiger partial charge in [0.1, 0.15) is 17.2 Å². The van der Waals surface area contributed by atoms with Crippen LogP contribution in [0.2, 0.25) is 5.02 Å². The van der Waals surface area contributed by atoms with Crippen molar-refractivity contribution in [3.8, 4) is 17.2 Å². The molecule has 0 bridgehead atoms. The molecule has 2 aromatic carbocycles. The summed E-state index contributed by atoms with van der Waals surface area (Å²) in [6, 6.07) is 9.78. The van der Waals surface area contributed by atoms with Crippen molar-refractivity contribution < 1.29 is 28.5 Å². The Hall–Kier alpha value is -2.99. The van der Waals surface area contributed by atoms with Crippen LogP contribution in [0.1, 0.15) is 15.9 Å². The summed E-state index contributed by atoms with van der Waals surface area (Å²) in [7, 11) is 4.55. The fourth-order valence-corrected chi connectivity index (χ4v) is 2.49. The van der Waals surface area contributed by atoms with Gasteiger partial charge in [-0.05, 0) is 42.5 Å². The minimum Gasteiger partial charge on any atom is -0.497 e. The molecule has 0 aliphatic carbocycles. The van der Waals surface area contributed by atoms with Crippen molar-refractivity contribution in [2.75, 3.05) is 27.9 Å². The molecular formula is C20H19ClO6. The van der Waals surface area contributed by atoms with Gasteiger partial charge in [0.05, 0.1) is 26.4 Å². The quantitative estimate of drug-likeness (QED) is 0.388. The van der Waals surface area contributed by atoms with Crippen LogP contribution in [0.15, 0.2) is 42.5 Å². The molecule has 0 saturated heterocycles. The summed E-state index contributed by atoms with van der Waals surface area (Å²) in [4.78, 5) is 24.0. The summed E-state index contributed by atoms with van der Waals surface area (Å²) in [5.74, 6) is 0.618. The Kier molecular flexibility index (Phi) is 7.25. The first kappa shape index (κ1) is 20.3. The molecule has 0 amide bonds. The zero-order valence-corrected chi connectivity index (χ0v) is 15.9. The molecule has 0 saturated carbocycles. The van der Waals surface area contributed by atoms with E-state index in [2.05, 4.69) is 0 Å². The Morgan fingerprint density at radius 1 is 0.963 bits per heavy atom. The molecule has 7 heteroatoms. The molecule has 0 fully saturated rings. The van der Waals surface area contributed by atoms with Gasteiger partial charge in [-0.15, -0.1) is 0 Å². The number of hydrogen-bond donors (Lipinski definition) is 0. The molecule has 6 nitrogen and oxygen atoms in total. The van der Waals surface area contributed by atoms with E-state index in [9.17, 15) is 9.59 Å². The molecule has 0 radical (unpaired) electrons. The molecule has 0 spiro atoms. The minimum absolute atomic E-state index is 0.305. The Morgan fingerprint density at radius 2 is 1.67 bits per heavy atom. The van der Waals surface area contributed by atoms with E-state index in [0.29, 0.717) is 33.4 Å². The highest BCUT2D eigenvalue weighted by molar-refractivity contribution is 6.32. The topological polar surface area (TPSA) is 71.1 Å². The third kappa shape index (κ3) is 5.49. The van der Waals surface area contributed by atoms with Gasteiger partial charge in [0.15, 0.2) is 12.4 Å². The van der Waals surface area contributed by atoms with Gasteiger partial charge in [-0.3, -0.25) is 4.79 Å². The van der Waals surface area contributed by atoms with Crippen LogP contribution in [0.5, 0.6) is 17.2 Å². The van der Waals surface area contributed by atoms with Gasteiger partial charge in [0.2, 0.25) is 0 Å². The van der Waals surface area contributed by atoms with E-state index in [1.54, 1.807) is 37.4 Å². The van der Waals surface area contributed by atoms with Gasteiger partial charge in [-0.1, -0.05) is 11.6 Å². The smallest absolute Gasteiger partial charge is 0.331 e. The van der Waals surface area contributed by atoms with Gasteiger partial charge < -0.3 is 18.9 Å². The summed E-state index contributed by atoms with van der Waals surface area (Å²) in [5, 5.41) is 0.305. The second-order valence-corrected chi connectivity index (χ2v) is 5.73. The molecule has 0 atom stereocenters. The van der Waals surface area contributed by atoms with E-state index in [1.165, 1.54) is 32.4 Å². The summed E-state index contributed by atoms with van der Waals surface area (Å²) < 4.78 is 20.4. The zero-order chi connectivity index (χ0) is 19.8. The van der Waals surface area contributed by atoms with Crippen LogP contribution in [0.4, 0.5) is 0 Å². The number of esters is 1. The maximum atomic E-state index is 12.1. The average molecular weight is 391 g/mol. The molecule has 2 aromatic rings. The maximum absolute atomic E-state index is 12.1. The third-order valence-corrected chi connectivity index (χ3v) is 3.95. The van der Waals surface area contributed by atoms with Crippen LogP contribution in [-0.4, -0.2) is 39.7 Å². The van der Waals surface area contributed by atoms with Crippen molar-refractivity contribution in [1.82, 2.24) is 0 Å². The molecule has 27 heavy (non-hydrogen) atoms. The lowest BCUT2D eigenvalue weighted by molar-refractivity contribution is -0.136. The predicted octanol–water partition coefficient (Wildman–Crippen LogP) is 3.81. The fraction of sp³-hybridized carbons (Fsp3) is 0.200. The molecule has 0 aliphatic heterocycles. The second-order valence-electron chi connectivity index (χ2n) is 5.32. The largest absolute Gasteiger partial charge is 0.497 e. The van der Waals surface area contributed by atoms with Crippen LogP contribution < -0.4 is 14.2 Å². The Labute approximate surface area is 162 Å². The van der Waals surface area contributed by atoms with E-state index in [0.717, 1.165) is 0 Å². The van der Waals surface area contributed by atoms with Crippen LogP contribution in [-0.2, 0) is 9.53 Å². The Morgan fingerprint density at radius 3 is 2.30 bits per heavy atom. The maximum Gasteiger partial charge on any atom is 0.331 e. The number of carbonyl (C=O) groups is 2. The van der Waals surface area contributed by atoms with Crippen LogP contribution in [0, 0.1) is 0 Å². The van der Waals surface area contributed by atoms with Crippen LogP contribution >= 0.6 is 11.6 Å². The SMILES string of the molecule is COc1ccc(OC)c(/C=C/C(=O)OCC(=O)c2ccc(OC)c(Cl)c2)c1. The lowest BCUT2D eigenvalue weighted by Crippen LogP contribution is -2.12. The number of rotatable bonds is 8. The Bertz CT molecular complexity index is 860. The van der Waals surface area contributed by atoms with E-state index in [-0.39, 0.29) is 5.78 Å². The van der Waals surface area contributed by atoms with Gasteiger partial charge in [-0.2, -0.15) is 0 Å². The molecule has 0 aromatic heterocycles. The number of ketones is 1. The number of benzene rings is 2. The number of hydrogen-bond acceptors (Lipinski definition) is 6. The highest BCUT2D eigenvalue weighted by atomic mass is 35.5. The Balaban J connectivity index is 1.99. The normalized spacial score (nSPS) is 10.5. The van der Waals surface area contributed by atoms with Gasteiger partial charge in [0, 0.05) is 17.2 Å². The molecule has 0 unspecified atom stereocenters. The lowest BCUT2D eigenvalue weighted by Gasteiger charge is -2.07. The zero-order valence-electron chi connectivity index (χ0n) is 15.2. The first-order valence-electron chi connectivity index (χ1n) is 7.92. The predicted molar refractivity (Wildman–Crippen MR) is 102 cm³/mol. The van der Waals surface area contributed by atoms with Gasteiger partial charge >= 0.3 is 5.97 Å². The first-order valence-corrected chi connectivity index (χ1v) is 8.30. The number of methoxy groups -OCH3 is 3. The average Bonchev–Trinajstić information content (AvgIpc) is 2.69. The van der Waals surface area contributed by atoms with E-state index < -0.39 is 12.6 Å². The second kappa shape index (κ2) is 9.64. The van der Waals surface area contributed by atoms with E-state index >= 15 is 0 Å². The number of carbonyl (C=O) groups excluding carboxylic acids is 2. The fourth-order valence-electron chi connectivity index (χ4n) is 2.24. The minimum atomic E-state index is -0.659. The lowest BCUT2D eigenvalue weighted by atomic mass is 10.1. The molecule has 2 rings (SSSR count). The number of Topliss-reactive ketones (excluding diaryl/α,β-unsaturated/α-hetero) is 1. The molecule has 0 N–H and O–H groups in total. The van der Waals surface area contributed by atoms with Crippen molar-refractivity contribution in [2.24, 2.45) is 0 Å². The van der Waals surface area contributed by atoms with Crippen LogP contribution in [0.3, 0.4) is 0 Å². The first-order chi connectivity index (χ1) is 13.0. The van der Waals surface area contributed by atoms with Crippen molar-refractivity contribution in [2.45, 2.75) is 0 Å². The number of ether oxygens (including phenoxy) is 4. The van der Waals surface area contributed by atoms with Crippen molar-refractivity contribution in [3.05, 3.63) is 58.6 Å². The van der Waals surface area contributed by atoms with E-state index in [1.807, 2.05) is 0 Å². The van der Waals surface area contributed by atoms with Crippen molar-refractivity contribution in [1.29, 1.82) is 0 Å². The molecular weight excluding hydrogens is 372 g/mol. The highest BCUT2D eigenvalue weighted by Crippen LogP contribution is 2.26. The van der Waals surface area contributed by atoms with Gasteiger partial charge in [-0.25, -0.2) is 4.79 Å². The van der Waals surface area contributed by atoms with Crippen molar-refractivity contribution in [3.63, 3.8) is 0 Å². The molecule has 0 aliphatic rings. The summed E-state index contributed by atoms with van der Waals surface area (Å²) in [6.07, 6.45) is 2.74. The summed E-state index contributed by atoms with van der Waals surface area (Å²) in [6.45, 7) is -0.402. The summed E-state index contributed by atoms with van der Waals surface area (Å²) >= 11 is 5.99. The van der Waals surface area contributed by atoms with Crippen LogP contribution in [0.25, 0.3) is 6.08 Å². The monoisotopic (exact) mass is 390 g/mol. The highest BCUT2D eigenvalue weighted by Gasteiger charge is 2.11. The number of halogens is 1. The molecule has 0 heterocycles. The van der Waals surface area contributed by atoms with Crippen molar-refractivity contribution >= 4 is 29.4 Å². The van der Waals surface area contributed by atoms with E-state index in [4.69, 9.17) is 30.5 Å².